The summed E-state index contributed by atoms with van der Waals surface area (Å²) in [7, 11) is 3.74. The molecule has 0 aromatic heterocycles. The summed E-state index contributed by atoms with van der Waals surface area (Å²) in [5.74, 6) is -0.110. The van der Waals surface area contributed by atoms with Gasteiger partial charge in [0.25, 0.3) is 0 Å². The highest BCUT2D eigenvalue weighted by molar-refractivity contribution is 6.00. The van der Waals surface area contributed by atoms with Gasteiger partial charge in [0.2, 0.25) is 11.8 Å². The second-order valence-electron chi connectivity index (χ2n) is 7.75. The molecule has 1 fully saturated rings. The SMILES string of the molecule is CNCCN(C)C(=O)C1CCCCC1C(=O)N1c2ccccc2CC1C. The Labute approximate surface area is 156 Å². The molecule has 2 amide bonds. The Morgan fingerprint density at radius 1 is 1.19 bits per heavy atom. The normalized spacial score (nSPS) is 25.0. The number of para-hydroxylation sites is 1. The summed E-state index contributed by atoms with van der Waals surface area (Å²) in [6, 6.07) is 8.33. The number of rotatable bonds is 5. The Morgan fingerprint density at radius 3 is 2.62 bits per heavy atom. The number of anilines is 1. The summed E-state index contributed by atoms with van der Waals surface area (Å²) >= 11 is 0. The van der Waals surface area contributed by atoms with Gasteiger partial charge in [0.05, 0.1) is 5.92 Å². The molecule has 3 rings (SSSR count). The number of carbonyl (C=O) groups is 2. The third-order valence-electron chi connectivity index (χ3n) is 5.92. The van der Waals surface area contributed by atoms with Crippen molar-refractivity contribution in [1.29, 1.82) is 0 Å². The lowest BCUT2D eigenvalue weighted by Gasteiger charge is -2.36. The molecule has 3 atom stereocenters. The maximum absolute atomic E-state index is 13.5. The van der Waals surface area contributed by atoms with Crippen LogP contribution in [0.5, 0.6) is 0 Å². The average Bonchev–Trinajstić information content (AvgIpc) is 3.00. The summed E-state index contributed by atoms with van der Waals surface area (Å²) in [5, 5.41) is 3.08. The van der Waals surface area contributed by atoms with Crippen LogP contribution in [-0.4, -0.2) is 49.9 Å². The summed E-state index contributed by atoms with van der Waals surface area (Å²) in [4.78, 5) is 30.2. The van der Waals surface area contributed by atoms with Gasteiger partial charge in [0, 0.05) is 37.8 Å². The van der Waals surface area contributed by atoms with Crippen LogP contribution in [0.3, 0.4) is 0 Å². The van der Waals surface area contributed by atoms with Crippen molar-refractivity contribution in [3.8, 4) is 0 Å². The molecule has 0 radical (unpaired) electrons. The van der Waals surface area contributed by atoms with Crippen molar-refractivity contribution in [1.82, 2.24) is 10.2 Å². The molecule has 5 nitrogen and oxygen atoms in total. The summed E-state index contributed by atoms with van der Waals surface area (Å²) < 4.78 is 0. The molecule has 5 heteroatoms. The standard InChI is InChI=1S/C21H31N3O2/c1-15-14-16-8-4-7-11-19(16)24(15)21(26)18-10-6-5-9-17(18)20(25)23(3)13-12-22-2/h4,7-8,11,15,17-18,22H,5-6,9-10,12-14H2,1-3H3. The highest BCUT2D eigenvalue weighted by Crippen LogP contribution is 2.38. The maximum atomic E-state index is 13.5. The molecule has 3 unspecified atom stereocenters. The highest BCUT2D eigenvalue weighted by Gasteiger charge is 2.42. The molecule has 0 saturated heterocycles. The molecule has 1 N–H and O–H groups in total. The van der Waals surface area contributed by atoms with Crippen LogP contribution < -0.4 is 10.2 Å². The number of carbonyl (C=O) groups excluding carboxylic acids is 2. The third-order valence-corrected chi connectivity index (χ3v) is 5.92. The van der Waals surface area contributed by atoms with Gasteiger partial charge in [0.15, 0.2) is 0 Å². The van der Waals surface area contributed by atoms with Crippen molar-refractivity contribution in [3.05, 3.63) is 29.8 Å². The van der Waals surface area contributed by atoms with E-state index in [1.807, 2.05) is 37.2 Å². The van der Waals surface area contributed by atoms with Gasteiger partial charge in [-0.15, -0.1) is 0 Å². The van der Waals surface area contributed by atoms with Crippen molar-refractivity contribution in [3.63, 3.8) is 0 Å². The van der Waals surface area contributed by atoms with Crippen LogP contribution in [0.2, 0.25) is 0 Å². The second kappa shape index (κ2) is 8.21. The Bertz CT molecular complexity index is 660. The second-order valence-corrected chi connectivity index (χ2v) is 7.75. The summed E-state index contributed by atoms with van der Waals surface area (Å²) in [6.45, 7) is 3.55. The molecule has 0 spiro atoms. The van der Waals surface area contributed by atoms with Gasteiger partial charge in [-0.25, -0.2) is 0 Å². The number of nitrogens with one attached hydrogen (secondary N) is 1. The number of hydrogen-bond donors (Lipinski definition) is 1. The Hall–Kier alpha value is -1.88. The summed E-state index contributed by atoms with van der Waals surface area (Å²) in [5.41, 5.74) is 2.27. The van der Waals surface area contributed by atoms with Crippen LogP contribution in [-0.2, 0) is 16.0 Å². The first kappa shape index (κ1) is 18.9. The number of benzene rings is 1. The fourth-order valence-corrected chi connectivity index (χ4v) is 4.47. The first-order valence-corrected chi connectivity index (χ1v) is 9.85. The monoisotopic (exact) mass is 357 g/mol. The topological polar surface area (TPSA) is 52.7 Å². The molecule has 2 aliphatic rings. The molecule has 1 aliphatic carbocycles. The number of nitrogens with zero attached hydrogens (tertiary/aromatic N) is 2. The Morgan fingerprint density at radius 2 is 1.88 bits per heavy atom. The van der Waals surface area contributed by atoms with Crippen molar-refractivity contribution in [2.45, 2.75) is 45.1 Å². The fourth-order valence-electron chi connectivity index (χ4n) is 4.47. The minimum absolute atomic E-state index is 0.124. The van der Waals surface area contributed by atoms with E-state index >= 15 is 0 Å². The maximum Gasteiger partial charge on any atom is 0.231 e. The smallest absolute Gasteiger partial charge is 0.231 e. The van der Waals surface area contributed by atoms with E-state index in [0.717, 1.165) is 44.3 Å². The zero-order valence-electron chi connectivity index (χ0n) is 16.2. The zero-order valence-corrected chi connectivity index (χ0v) is 16.2. The highest BCUT2D eigenvalue weighted by atomic mass is 16.2. The molecule has 1 aromatic carbocycles. The van der Waals surface area contributed by atoms with E-state index in [2.05, 4.69) is 18.3 Å². The van der Waals surface area contributed by atoms with E-state index in [9.17, 15) is 9.59 Å². The van der Waals surface area contributed by atoms with Gasteiger partial charge in [-0.1, -0.05) is 31.0 Å². The molecule has 1 aromatic rings. The van der Waals surface area contributed by atoms with Crippen LogP contribution in [0.15, 0.2) is 24.3 Å². The van der Waals surface area contributed by atoms with Crippen molar-refractivity contribution in [2.75, 3.05) is 32.1 Å². The number of amides is 2. The lowest BCUT2D eigenvalue weighted by atomic mass is 9.77. The van der Waals surface area contributed by atoms with Crippen LogP contribution in [0.1, 0.15) is 38.2 Å². The van der Waals surface area contributed by atoms with E-state index in [0.29, 0.717) is 6.54 Å². The largest absolute Gasteiger partial charge is 0.344 e. The molecular weight excluding hydrogens is 326 g/mol. The van der Waals surface area contributed by atoms with Crippen molar-refractivity contribution in [2.24, 2.45) is 11.8 Å². The van der Waals surface area contributed by atoms with Crippen LogP contribution in [0.4, 0.5) is 5.69 Å². The van der Waals surface area contributed by atoms with E-state index in [4.69, 9.17) is 0 Å². The first-order valence-electron chi connectivity index (χ1n) is 9.85. The average molecular weight is 357 g/mol. The van der Waals surface area contributed by atoms with Gasteiger partial charge >= 0.3 is 0 Å². The van der Waals surface area contributed by atoms with E-state index in [1.54, 1.807) is 4.90 Å². The Balaban J connectivity index is 1.79. The van der Waals surface area contributed by atoms with Crippen LogP contribution >= 0.6 is 0 Å². The predicted octanol–water partition coefficient (Wildman–Crippen LogP) is 2.45. The number of likely N-dealkylation sites (N-methyl/N-ethyl adjacent to an activating group) is 2. The molecule has 0 bridgehead atoms. The van der Waals surface area contributed by atoms with Crippen LogP contribution in [0, 0.1) is 11.8 Å². The van der Waals surface area contributed by atoms with Crippen LogP contribution in [0.25, 0.3) is 0 Å². The lowest BCUT2D eigenvalue weighted by Crippen LogP contribution is -2.48. The van der Waals surface area contributed by atoms with Crippen molar-refractivity contribution < 1.29 is 9.59 Å². The van der Waals surface area contributed by atoms with Gasteiger partial charge in [-0.3, -0.25) is 9.59 Å². The number of hydrogen-bond acceptors (Lipinski definition) is 3. The molecular formula is C21H31N3O2. The molecule has 1 saturated carbocycles. The minimum Gasteiger partial charge on any atom is -0.344 e. The minimum atomic E-state index is -0.193. The number of fused-ring (bicyclic) bond motifs is 1. The van der Waals surface area contributed by atoms with Gasteiger partial charge in [0.1, 0.15) is 0 Å². The Kier molecular flexibility index (Phi) is 5.97. The molecule has 26 heavy (non-hydrogen) atoms. The van der Waals surface area contributed by atoms with Gasteiger partial charge in [-0.2, -0.15) is 0 Å². The molecule has 1 aliphatic heterocycles. The van der Waals surface area contributed by atoms with Gasteiger partial charge in [-0.05, 0) is 44.9 Å². The molecule has 142 valence electrons. The van der Waals surface area contributed by atoms with E-state index in [1.165, 1.54) is 5.56 Å². The fraction of sp³-hybridized carbons (Fsp3) is 0.619. The summed E-state index contributed by atoms with van der Waals surface area (Å²) in [6.07, 6.45) is 4.61. The predicted molar refractivity (Wildman–Crippen MR) is 104 cm³/mol. The molecule has 1 heterocycles. The zero-order chi connectivity index (χ0) is 18.7. The van der Waals surface area contributed by atoms with E-state index < -0.39 is 0 Å². The lowest BCUT2D eigenvalue weighted by molar-refractivity contribution is -0.141. The van der Waals surface area contributed by atoms with Crippen molar-refractivity contribution >= 4 is 17.5 Å². The van der Waals surface area contributed by atoms with E-state index in [-0.39, 0.29) is 29.7 Å². The van der Waals surface area contributed by atoms with Gasteiger partial charge < -0.3 is 15.1 Å². The first-order chi connectivity index (χ1) is 12.5. The quantitative estimate of drug-likeness (QED) is 0.881. The third kappa shape index (κ3) is 3.63.